The number of methoxy groups -OCH3 is 1. The number of hydrogen-bond acceptors (Lipinski definition) is 6. The minimum Gasteiger partial charge on any atom is -0.463 e. The number of benzene rings is 1. The van der Waals surface area contributed by atoms with Gasteiger partial charge < -0.3 is 23.9 Å². The van der Waals surface area contributed by atoms with Crippen molar-refractivity contribution in [1.82, 2.24) is 5.32 Å². The summed E-state index contributed by atoms with van der Waals surface area (Å²) in [6.07, 6.45) is 0. The Kier molecular flexibility index (Phi) is 3.79. The third-order valence-corrected chi connectivity index (χ3v) is 3.11. The highest BCUT2D eigenvalue weighted by molar-refractivity contribution is 5.86. The van der Waals surface area contributed by atoms with Crippen LogP contribution < -0.4 is 14.8 Å². The smallest absolute Gasteiger partial charge is 0.373 e. The Morgan fingerprint density at radius 1 is 1.19 bits per heavy atom. The molecule has 1 aliphatic heterocycles. The molecule has 0 aliphatic carbocycles. The summed E-state index contributed by atoms with van der Waals surface area (Å²) in [7, 11) is 1.32. The van der Waals surface area contributed by atoms with Crippen molar-refractivity contribution in [2.24, 2.45) is 0 Å². The quantitative estimate of drug-likeness (QED) is 0.850. The van der Waals surface area contributed by atoms with Crippen molar-refractivity contribution in [2.75, 3.05) is 13.9 Å². The maximum absolute atomic E-state index is 11.3. The van der Waals surface area contributed by atoms with Crippen molar-refractivity contribution in [3.8, 4) is 11.5 Å². The third-order valence-electron chi connectivity index (χ3n) is 3.11. The summed E-state index contributed by atoms with van der Waals surface area (Å²) >= 11 is 0. The van der Waals surface area contributed by atoms with Gasteiger partial charge >= 0.3 is 5.97 Å². The highest BCUT2D eigenvalue weighted by Gasteiger charge is 2.13. The zero-order valence-electron chi connectivity index (χ0n) is 11.5. The summed E-state index contributed by atoms with van der Waals surface area (Å²) < 4.78 is 20.5. The first kappa shape index (κ1) is 13.5. The van der Waals surface area contributed by atoms with Crippen LogP contribution in [0, 0.1) is 0 Å². The molecule has 21 heavy (non-hydrogen) atoms. The van der Waals surface area contributed by atoms with Crippen LogP contribution in [0.5, 0.6) is 11.5 Å². The van der Waals surface area contributed by atoms with Gasteiger partial charge in [0.25, 0.3) is 0 Å². The Morgan fingerprint density at radius 3 is 2.90 bits per heavy atom. The zero-order valence-corrected chi connectivity index (χ0v) is 11.5. The van der Waals surface area contributed by atoms with E-state index < -0.39 is 5.97 Å². The van der Waals surface area contributed by atoms with E-state index in [1.165, 1.54) is 7.11 Å². The van der Waals surface area contributed by atoms with Gasteiger partial charge in [-0.1, -0.05) is 6.07 Å². The average Bonchev–Trinajstić information content (AvgIpc) is 3.14. The number of carbonyl (C=O) groups excluding carboxylic acids is 1. The summed E-state index contributed by atoms with van der Waals surface area (Å²) in [6, 6.07) is 9.16. The lowest BCUT2D eigenvalue weighted by molar-refractivity contribution is 0.0563. The van der Waals surface area contributed by atoms with Gasteiger partial charge in [-0.3, -0.25) is 0 Å². The standard InChI is InChI=1S/C15H15NO5/c1-18-15(17)13-5-3-11(21-13)8-16-7-10-2-4-12-14(6-10)20-9-19-12/h2-6,16H,7-9H2,1H3. The van der Waals surface area contributed by atoms with E-state index in [1.807, 2.05) is 18.2 Å². The largest absolute Gasteiger partial charge is 0.463 e. The summed E-state index contributed by atoms with van der Waals surface area (Å²) in [5, 5.41) is 3.24. The molecule has 0 fully saturated rings. The molecule has 0 atom stereocenters. The van der Waals surface area contributed by atoms with Crippen molar-refractivity contribution in [1.29, 1.82) is 0 Å². The highest BCUT2D eigenvalue weighted by Crippen LogP contribution is 2.32. The Hall–Kier alpha value is -2.47. The van der Waals surface area contributed by atoms with Crippen molar-refractivity contribution < 1.29 is 23.4 Å². The van der Waals surface area contributed by atoms with Gasteiger partial charge in [0.05, 0.1) is 13.7 Å². The second-order valence-corrected chi connectivity index (χ2v) is 4.55. The fourth-order valence-corrected chi connectivity index (χ4v) is 2.06. The monoisotopic (exact) mass is 289 g/mol. The molecule has 0 spiro atoms. The summed E-state index contributed by atoms with van der Waals surface area (Å²) in [5.74, 6) is 1.94. The van der Waals surface area contributed by atoms with Gasteiger partial charge in [0.2, 0.25) is 12.6 Å². The maximum Gasteiger partial charge on any atom is 0.373 e. The Labute approximate surface area is 121 Å². The van der Waals surface area contributed by atoms with Crippen molar-refractivity contribution >= 4 is 5.97 Å². The van der Waals surface area contributed by atoms with Crippen LogP contribution in [0.4, 0.5) is 0 Å². The topological polar surface area (TPSA) is 69.9 Å². The van der Waals surface area contributed by atoms with E-state index in [0.29, 0.717) is 18.8 Å². The van der Waals surface area contributed by atoms with E-state index in [2.05, 4.69) is 10.1 Å². The van der Waals surface area contributed by atoms with Crippen LogP contribution in [-0.2, 0) is 17.8 Å². The molecule has 110 valence electrons. The van der Waals surface area contributed by atoms with E-state index in [0.717, 1.165) is 17.1 Å². The lowest BCUT2D eigenvalue weighted by Gasteiger charge is -2.04. The molecule has 3 rings (SSSR count). The molecule has 1 aromatic heterocycles. The SMILES string of the molecule is COC(=O)c1ccc(CNCc2ccc3c(c2)OCO3)o1. The summed E-state index contributed by atoms with van der Waals surface area (Å²) in [4.78, 5) is 11.3. The highest BCUT2D eigenvalue weighted by atomic mass is 16.7. The van der Waals surface area contributed by atoms with Gasteiger partial charge in [0.1, 0.15) is 5.76 Å². The molecule has 1 aliphatic rings. The first-order chi connectivity index (χ1) is 10.3. The molecular formula is C15H15NO5. The maximum atomic E-state index is 11.3. The predicted molar refractivity (Wildman–Crippen MR) is 73.2 cm³/mol. The fraction of sp³-hybridized carbons (Fsp3) is 0.267. The molecule has 0 saturated heterocycles. The van der Waals surface area contributed by atoms with Gasteiger partial charge in [-0.25, -0.2) is 4.79 Å². The second kappa shape index (κ2) is 5.88. The Morgan fingerprint density at radius 2 is 2.05 bits per heavy atom. The normalized spacial score (nSPS) is 12.4. The summed E-state index contributed by atoms with van der Waals surface area (Å²) in [5.41, 5.74) is 1.08. The van der Waals surface area contributed by atoms with E-state index >= 15 is 0 Å². The molecule has 0 unspecified atom stereocenters. The number of fused-ring (bicyclic) bond motifs is 1. The lowest BCUT2D eigenvalue weighted by Crippen LogP contribution is -2.12. The minimum atomic E-state index is -0.475. The molecule has 0 radical (unpaired) electrons. The number of rotatable bonds is 5. The molecule has 2 heterocycles. The number of carbonyl (C=O) groups is 1. The number of hydrogen-bond donors (Lipinski definition) is 1. The van der Waals surface area contributed by atoms with E-state index in [1.54, 1.807) is 12.1 Å². The number of ether oxygens (including phenoxy) is 3. The van der Waals surface area contributed by atoms with Crippen molar-refractivity contribution in [2.45, 2.75) is 13.1 Å². The molecule has 1 N–H and O–H groups in total. The van der Waals surface area contributed by atoms with Crippen LogP contribution in [0.15, 0.2) is 34.7 Å². The van der Waals surface area contributed by atoms with Crippen LogP contribution in [0.25, 0.3) is 0 Å². The molecule has 2 aromatic rings. The van der Waals surface area contributed by atoms with E-state index in [4.69, 9.17) is 13.9 Å². The number of nitrogens with one attached hydrogen (secondary N) is 1. The molecule has 0 saturated carbocycles. The lowest BCUT2D eigenvalue weighted by atomic mass is 10.2. The fourth-order valence-electron chi connectivity index (χ4n) is 2.06. The van der Waals surface area contributed by atoms with Gasteiger partial charge in [-0.15, -0.1) is 0 Å². The first-order valence-corrected chi connectivity index (χ1v) is 6.52. The van der Waals surface area contributed by atoms with Gasteiger partial charge in [0, 0.05) is 6.54 Å². The van der Waals surface area contributed by atoms with Crippen LogP contribution in [0.1, 0.15) is 21.9 Å². The Bertz CT molecular complexity index is 649. The molecule has 6 nitrogen and oxygen atoms in total. The molecule has 6 heteroatoms. The molecule has 0 amide bonds. The predicted octanol–water partition coefficient (Wildman–Crippen LogP) is 2.08. The number of esters is 1. The first-order valence-electron chi connectivity index (χ1n) is 6.52. The molecule has 1 aromatic carbocycles. The van der Waals surface area contributed by atoms with Crippen LogP contribution in [0.3, 0.4) is 0 Å². The molecular weight excluding hydrogens is 274 g/mol. The van der Waals surface area contributed by atoms with Crippen molar-refractivity contribution in [3.05, 3.63) is 47.4 Å². The van der Waals surface area contributed by atoms with Crippen LogP contribution in [-0.4, -0.2) is 19.9 Å². The van der Waals surface area contributed by atoms with Gasteiger partial charge in [-0.2, -0.15) is 0 Å². The third kappa shape index (κ3) is 3.00. The van der Waals surface area contributed by atoms with Gasteiger partial charge in [-0.05, 0) is 29.8 Å². The van der Waals surface area contributed by atoms with E-state index in [-0.39, 0.29) is 12.6 Å². The van der Waals surface area contributed by atoms with Crippen LogP contribution in [0.2, 0.25) is 0 Å². The summed E-state index contributed by atoms with van der Waals surface area (Å²) in [6.45, 7) is 1.45. The number of furan rings is 1. The van der Waals surface area contributed by atoms with E-state index in [9.17, 15) is 4.79 Å². The Balaban J connectivity index is 1.54. The molecule has 0 bridgehead atoms. The van der Waals surface area contributed by atoms with Crippen LogP contribution >= 0.6 is 0 Å². The minimum absolute atomic E-state index is 0.206. The van der Waals surface area contributed by atoms with Crippen molar-refractivity contribution in [3.63, 3.8) is 0 Å². The zero-order chi connectivity index (χ0) is 14.7. The van der Waals surface area contributed by atoms with Gasteiger partial charge in [0.15, 0.2) is 11.5 Å². The second-order valence-electron chi connectivity index (χ2n) is 4.55. The average molecular weight is 289 g/mol.